The van der Waals surface area contributed by atoms with E-state index in [1.54, 1.807) is 66.7 Å². The number of hydrogen-bond acceptors (Lipinski definition) is 6. The first-order valence-electron chi connectivity index (χ1n) is 12.7. The Balaban J connectivity index is 1.39. The number of anilines is 1. The summed E-state index contributed by atoms with van der Waals surface area (Å²) in [5.74, 6) is -0.561. The van der Waals surface area contributed by atoms with Crippen LogP contribution in [0.1, 0.15) is 54.7 Å². The Morgan fingerprint density at radius 1 is 0.750 bits per heavy atom. The molecule has 0 aliphatic carbocycles. The lowest BCUT2D eigenvalue weighted by atomic mass is 10.1. The number of aryl methyl sites for hydroxylation is 2. The second kappa shape index (κ2) is 13.0. The quantitative estimate of drug-likeness (QED) is 0.119. The third-order valence-corrected chi connectivity index (χ3v) is 5.80. The van der Waals surface area contributed by atoms with Crippen LogP contribution in [-0.4, -0.2) is 30.6 Å². The molecule has 0 aliphatic rings. The van der Waals surface area contributed by atoms with Gasteiger partial charge in [-0.25, -0.2) is 10.2 Å². The van der Waals surface area contributed by atoms with E-state index in [2.05, 4.69) is 15.8 Å². The molecule has 2 amide bonds. The Bertz CT molecular complexity index is 1560. The Labute approximate surface area is 232 Å². The summed E-state index contributed by atoms with van der Waals surface area (Å²) in [5, 5.41) is 6.84. The number of nitrogens with zero attached hydrogens (tertiary/aromatic N) is 1. The molecule has 0 bridgehead atoms. The standard InChI is InChI=1S/C32H29N3O5/c1-4-39-29-18-23(13-16-28(29)40-32(38)24-14-11-21(2)12-15-24)20-33-35-31(37)26-9-6-10-27(19-26)34-30(36)25-8-5-7-22(3)17-25/h5-20H,4H2,1-3H3,(H,34,36)(H,35,37). The van der Waals surface area contributed by atoms with Gasteiger partial charge in [-0.15, -0.1) is 0 Å². The molecule has 0 heterocycles. The number of nitrogens with one attached hydrogen (secondary N) is 2. The molecule has 0 aliphatic heterocycles. The number of ether oxygens (including phenoxy) is 2. The maximum atomic E-state index is 12.7. The zero-order chi connectivity index (χ0) is 28.5. The topological polar surface area (TPSA) is 106 Å². The van der Waals surface area contributed by atoms with Crippen molar-refractivity contribution in [2.45, 2.75) is 20.8 Å². The maximum Gasteiger partial charge on any atom is 0.343 e. The van der Waals surface area contributed by atoms with Crippen molar-refractivity contribution in [3.05, 3.63) is 124 Å². The molecule has 8 heteroatoms. The van der Waals surface area contributed by atoms with E-state index in [4.69, 9.17) is 9.47 Å². The van der Waals surface area contributed by atoms with Crippen molar-refractivity contribution in [3.8, 4) is 11.5 Å². The zero-order valence-electron chi connectivity index (χ0n) is 22.4. The second-order valence-corrected chi connectivity index (χ2v) is 9.00. The average Bonchev–Trinajstić information content (AvgIpc) is 2.95. The number of carbonyl (C=O) groups is 3. The maximum absolute atomic E-state index is 12.7. The van der Waals surface area contributed by atoms with E-state index in [1.165, 1.54) is 6.21 Å². The third-order valence-electron chi connectivity index (χ3n) is 5.80. The first-order chi connectivity index (χ1) is 19.3. The van der Waals surface area contributed by atoms with E-state index in [0.717, 1.165) is 11.1 Å². The number of carbonyl (C=O) groups excluding carboxylic acids is 3. The Hall–Kier alpha value is -5.24. The van der Waals surface area contributed by atoms with Crippen molar-refractivity contribution in [2.24, 2.45) is 5.10 Å². The Morgan fingerprint density at radius 2 is 1.48 bits per heavy atom. The van der Waals surface area contributed by atoms with Gasteiger partial charge in [0.15, 0.2) is 11.5 Å². The molecule has 0 atom stereocenters. The molecule has 8 nitrogen and oxygen atoms in total. The molecule has 2 N–H and O–H groups in total. The molecular weight excluding hydrogens is 506 g/mol. The van der Waals surface area contributed by atoms with Gasteiger partial charge >= 0.3 is 5.97 Å². The largest absolute Gasteiger partial charge is 0.490 e. The number of esters is 1. The lowest BCUT2D eigenvalue weighted by molar-refractivity contribution is 0.0728. The molecule has 0 saturated heterocycles. The van der Waals surface area contributed by atoms with Crippen LogP contribution in [0.25, 0.3) is 0 Å². The average molecular weight is 536 g/mol. The minimum absolute atomic E-state index is 0.266. The molecular formula is C32H29N3O5. The highest BCUT2D eigenvalue weighted by Crippen LogP contribution is 2.29. The van der Waals surface area contributed by atoms with Gasteiger partial charge in [-0.1, -0.05) is 41.5 Å². The highest BCUT2D eigenvalue weighted by Gasteiger charge is 2.14. The van der Waals surface area contributed by atoms with Crippen LogP contribution >= 0.6 is 0 Å². The van der Waals surface area contributed by atoms with Crippen molar-refractivity contribution in [1.29, 1.82) is 0 Å². The summed E-state index contributed by atoms with van der Waals surface area (Å²) < 4.78 is 11.2. The lowest BCUT2D eigenvalue weighted by Gasteiger charge is -2.11. The first kappa shape index (κ1) is 27.8. The number of hydrogen-bond donors (Lipinski definition) is 2. The molecule has 40 heavy (non-hydrogen) atoms. The smallest absolute Gasteiger partial charge is 0.343 e. The van der Waals surface area contributed by atoms with Crippen LogP contribution < -0.4 is 20.2 Å². The monoisotopic (exact) mass is 535 g/mol. The summed E-state index contributed by atoms with van der Waals surface area (Å²) in [6, 6.07) is 25.9. The molecule has 0 unspecified atom stereocenters. The number of hydrazone groups is 1. The van der Waals surface area contributed by atoms with Crippen LogP contribution in [0.15, 0.2) is 96.1 Å². The van der Waals surface area contributed by atoms with Gasteiger partial charge in [0.2, 0.25) is 0 Å². The number of benzene rings is 4. The van der Waals surface area contributed by atoms with E-state index < -0.39 is 11.9 Å². The van der Waals surface area contributed by atoms with Gasteiger partial charge in [0.1, 0.15) is 0 Å². The highest BCUT2D eigenvalue weighted by atomic mass is 16.6. The Kier molecular flexibility index (Phi) is 9.04. The minimum Gasteiger partial charge on any atom is -0.490 e. The SMILES string of the molecule is CCOc1cc(C=NNC(=O)c2cccc(NC(=O)c3cccc(C)c3)c2)ccc1OC(=O)c1ccc(C)cc1. The van der Waals surface area contributed by atoms with Crippen LogP contribution in [-0.2, 0) is 0 Å². The molecule has 0 spiro atoms. The summed E-state index contributed by atoms with van der Waals surface area (Å²) in [6.07, 6.45) is 1.45. The summed E-state index contributed by atoms with van der Waals surface area (Å²) in [6.45, 7) is 6.04. The van der Waals surface area contributed by atoms with Gasteiger partial charge in [0, 0.05) is 16.8 Å². The molecule has 0 fully saturated rings. The minimum atomic E-state index is -0.494. The fraction of sp³-hybridized carbons (Fsp3) is 0.125. The summed E-state index contributed by atoms with van der Waals surface area (Å²) in [7, 11) is 0. The summed E-state index contributed by atoms with van der Waals surface area (Å²) in [5.41, 5.74) is 6.90. The zero-order valence-corrected chi connectivity index (χ0v) is 22.4. The Morgan fingerprint density at radius 3 is 2.20 bits per heavy atom. The van der Waals surface area contributed by atoms with Crippen LogP contribution in [0.4, 0.5) is 5.69 Å². The van der Waals surface area contributed by atoms with Gasteiger partial charge in [0.25, 0.3) is 11.8 Å². The molecule has 0 saturated carbocycles. The predicted octanol–water partition coefficient (Wildman–Crippen LogP) is 5.94. The van der Waals surface area contributed by atoms with Crippen LogP contribution in [0.3, 0.4) is 0 Å². The van der Waals surface area contributed by atoms with Gasteiger partial charge < -0.3 is 14.8 Å². The molecule has 4 aromatic carbocycles. The second-order valence-electron chi connectivity index (χ2n) is 9.00. The summed E-state index contributed by atoms with van der Waals surface area (Å²) >= 11 is 0. The van der Waals surface area contributed by atoms with Crippen molar-refractivity contribution in [2.75, 3.05) is 11.9 Å². The summed E-state index contributed by atoms with van der Waals surface area (Å²) in [4.78, 5) is 37.8. The van der Waals surface area contributed by atoms with E-state index >= 15 is 0 Å². The van der Waals surface area contributed by atoms with Crippen LogP contribution in [0, 0.1) is 13.8 Å². The van der Waals surface area contributed by atoms with Gasteiger partial charge in [-0.3, -0.25) is 9.59 Å². The first-order valence-corrected chi connectivity index (χ1v) is 12.7. The lowest BCUT2D eigenvalue weighted by Crippen LogP contribution is -2.18. The van der Waals surface area contributed by atoms with Gasteiger partial charge in [-0.05, 0) is 87.0 Å². The predicted molar refractivity (Wildman–Crippen MR) is 154 cm³/mol. The van der Waals surface area contributed by atoms with E-state index in [0.29, 0.717) is 40.3 Å². The van der Waals surface area contributed by atoms with E-state index in [9.17, 15) is 14.4 Å². The fourth-order valence-electron chi connectivity index (χ4n) is 3.76. The van der Waals surface area contributed by atoms with Crippen LogP contribution in [0.2, 0.25) is 0 Å². The highest BCUT2D eigenvalue weighted by molar-refractivity contribution is 6.05. The van der Waals surface area contributed by atoms with Gasteiger partial charge in [-0.2, -0.15) is 5.10 Å². The fourth-order valence-corrected chi connectivity index (χ4v) is 3.76. The van der Waals surface area contributed by atoms with Crippen molar-refractivity contribution >= 4 is 29.7 Å². The molecule has 4 aromatic rings. The van der Waals surface area contributed by atoms with Gasteiger partial charge in [0.05, 0.1) is 18.4 Å². The normalized spacial score (nSPS) is 10.7. The van der Waals surface area contributed by atoms with Crippen molar-refractivity contribution in [3.63, 3.8) is 0 Å². The third kappa shape index (κ3) is 7.41. The number of amides is 2. The molecule has 0 radical (unpaired) electrons. The van der Waals surface area contributed by atoms with Crippen molar-refractivity contribution in [1.82, 2.24) is 5.43 Å². The van der Waals surface area contributed by atoms with Crippen LogP contribution in [0.5, 0.6) is 11.5 Å². The van der Waals surface area contributed by atoms with E-state index in [1.807, 2.05) is 45.0 Å². The number of rotatable bonds is 9. The van der Waals surface area contributed by atoms with Crippen molar-refractivity contribution < 1.29 is 23.9 Å². The molecule has 0 aromatic heterocycles. The van der Waals surface area contributed by atoms with E-state index in [-0.39, 0.29) is 11.7 Å². The molecule has 202 valence electrons. The molecule has 4 rings (SSSR count).